The van der Waals surface area contributed by atoms with Gasteiger partial charge in [-0.2, -0.15) is 0 Å². The first kappa shape index (κ1) is 18.2. The average Bonchev–Trinajstić information content (AvgIpc) is 3.31. The van der Waals surface area contributed by atoms with E-state index in [2.05, 4.69) is 4.99 Å². The minimum atomic E-state index is -0.798. The van der Waals surface area contributed by atoms with Crippen LogP contribution in [0.3, 0.4) is 0 Å². The van der Waals surface area contributed by atoms with Crippen LogP contribution in [0, 0.1) is 10.1 Å². The largest absolute Gasteiger partial charge is 0.506 e. The maximum atomic E-state index is 12.1. The van der Waals surface area contributed by atoms with E-state index in [-0.39, 0.29) is 33.8 Å². The van der Waals surface area contributed by atoms with Gasteiger partial charge in [-0.05, 0) is 25.8 Å². The third-order valence-corrected chi connectivity index (χ3v) is 3.82. The van der Waals surface area contributed by atoms with Gasteiger partial charge in [-0.15, -0.1) is 0 Å². The number of aliphatic hydroxyl groups excluding tert-OH is 1. The van der Waals surface area contributed by atoms with Gasteiger partial charge < -0.3 is 9.84 Å². The van der Waals surface area contributed by atoms with Gasteiger partial charge in [0.25, 0.3) is 5.69 Å². The Bertz CT molecular complexity index is 742. The maximum absolute atomic E-state index is 12.1. The molecule has 128 valence electrons. The monoisotopic (exact) mass is 372 g/mol. The molecule has 0 heterocycles. The standard InChI is InChI=1S/C15H14Cl2N2O5/c1-2-24-15(21)10(7-18-8-3-4-8)14(20)9-5-13(19(22)23)12(17)6-11(9)16/h5-8,20H,2-4H2,1H3/b14-10-,18-7?. The van der Waals surface area contributed by atoms with Gasteiger partial charge >= 0.3 is 5.97 Å². The average molecular weight is 373 g/mol. The van der Waals surface area contributed by atoms with Gasteiger partial charge in [0.05, 0.1) is 22.6 Å². The van der Waals surface area contributed by atoms with Gasteiger partial charge in [-0.1, -0.05) is 23.2 Å². The highest BCUT2D eigenvalue weighted by atomic mass is 35.5. The summed E-state index contributed by atoms with van der Waals surface area (Å²) < 4.78 is 4.89. The van der Waals surface area contributed by atoms with Gasteiger partial charge in [0.2, 0.25) is 0 Å². The molecule has 0 saturated heterocycles. The Morgan fingerprint density at radius 3 is 2.67 bits per heavy atom. The Morgan fingerprint density at radius 1 is 1.46 bits per heavy atom. The van der Waals surface area contributed by atoms with Crippen LogP contribution in [-0.4, -0.2) is 34.9 Å². The molecule has 1 aliphatic carbocycles. The van der Waals surface area contributed by atoms with Crippen molar-refractivity contribution in [2.24, 2.45) is 4.99 Å². The summed E-state index contributed by atoms with van der Waals surface area (Å²) in [5.41, 5.74) is -0.759. The van der Waals surface area contributed by atoms with E-state index in [1.165, 1.54) is 6.21 Å². The van der Waals surface area contributed by atoms with E-state index >= 15 is 0 Å². The number of ether oxygens (including phenoxy) is 1. The van der Waals surface area contributed by atoms with Gasteiger partial charge in [0.15, 0.2) is 0 Å². The van der Waals surface area contributed by atoms with E-state index in [4.69, 9.17) is 27.9 Å². The summed E-state index contributed by atoms with van der Waals surface area (Å²) >= 11 is 11.8. The summed E-state index contributed by atoms with van der Waals surface area (Å²) in [7, 11) is 0. The SMILES string of the molecule is CCOC(=O)/C(C=NC1CC1)=C(\O)c1cc([N+](=O)[O-])c(Cl)cc1Cl. The Hall–Kier alpha value is -2.12. The number of esters is 1. The molecule has 1 aromatic carbocycles. The summed E-state index contributed by atoms with van der Waals surface area (Å²) in [6.45, 7) is 1.71. The quantitative estimate of drug-likeness (QED) is 0.203. The summed E-state index contributed by atoms with van der Waals surface area (Å²) in [5, 5.41) is 21.2. The van der Waals surface area contributed by atoms with Crippen molar-refractivity contribution in [1.82, 2.24) is 0 Å². The molecule has 1 N–H and O–H groups in total. The number of hydrogen-bond acceptors (Lipinski definition) is 6. The molecule has 7 nitrogen and oxygen atoms in total. The number of hydrogen-bond donors (Lipinski definition) is 1. The van der Waals surface area contributed by atoms with Gasteiger partial charge in [-0.3, -0.25) is 15.1 Å². The molecule has 0 unspecified atom stereocenters. The minimum absolute atomic E-state index is 0.0373. The highest BCUT2D eigenvalue weighted by Gasteiger charge is 2.24. The molecular weight excluding hydrogens is 359 g/mol. The van der Waals surface area contributed by atoms with Crippen molar-refractivity contribution in [3.05, 3.63) is 43.4 Å². The lowest BCUT2D eigenvalue weighted by molar-refractivity contribution is -0.384. The fourth-order valence-corrected chi connectivity index (χ4v) is 2.37. The van der Waals surface area contributed by atoms with Crippen molar-refractivity contribution in [3.8, 4) is 0 Å². The summed E-state index contributed by atoms with van der Waals surface area (Å²) in [4.78, 5) is 26.5. The number of rotatable bonds is 6. The first-order valence-electron chi connectivity index (χ1n) is 7.12. The van der Waals surface area contributed by atoms with E-state index in [9.17, 15) is 20.0 Å². The lowest BCUT2D eigenvalue weighted by Crippen LogP contribution is -2.12. The van der Waals surface area contributed by atoms with Crippen LogP contribution in [0.25, 0.3) is 5.76 Å². The fourth-order valence-electron chi connectivity index (χ4n) is 1.83. The molecule has 0 aromatic heterocycles. The summed E-state index contributed by atoms with van der Waals surface area (Å²) in [6.07, 6.45) is 3.02. The molecule has 2 rings (SSSR count). The first-order valence-corrected chi connectivity index (χ1v) is 7.88. The third kappa shape index (κ3) is 4.24. The van der Waals surface area contributed by atoms with Crippen LogP contribution >= 0.6 is 23.2 Å². The number of carbonyl (C=O) groups excluding carboxylic acids is 1. The molecule has 0 spiro atoms. The third-order valence-electron chi connectivity index (χ3n) is 3.20. The number of nitrogens with zero attached hydrogens (tertiary/aromatic N) is 2. The van der Waals surface area contributed by atoms with Crippen LogP contribution in [0.15, 0.2) is 22.7 Å². The topological polar surface area (TPSA) is 102 Å². The Kier molecular flexibility index (Phi) is 5.80. The zero-order valence-electron chi connectivity index (χ0n) is 12.7. The fraction of sp³-hybridized carbons (Fsp3) is 0.333. The second-order valence-corrected chi connectivity index (χ2v) is 5.85. The number of nitro benzene ring substituents is 1. The highest BCUT2D eigenvalue weighted by molar-refractivity contribution is 6.37. The molecule has 1 fully saturated rings. The lowest BCUT2D eigenvalue weighted by Gasteiger charge is -2.09. The highest BCUT2D eigenvalue weighted by Crippen LogP contribution is 2.34. The predicted octanol–water partition coefficient (Wildman–Crippen LogP) is 3.97. The Balaban J connectivity index is 2.54. The van der Waals surface area contributed by atoms with Crippen LogP contribution < -0.4 is 0 Å². The van der Waals surface area contributed by atoms with Crippen LogP contribution in [0.5, 0.6) is 0 Å². The number of carbonyl (C=O) groups is 1. The Morgan fingerprint density at radius 2 is 2.12 bits per heavy atom. The van der Waals surface area contributed by atoms with E-state index in [1.807, 2.05) is 0 Å². The van der Waals surface area contributed by atoms with Crippen LogP contribution in [-0.2, 0) is 9.53 Å². The first-order chi connectivity index (χ1) is 11.3. The second kappa shape index (κ2) is 7.63. The molecule has 0 atom stereocenters. The number of aliphatic hydroxyl groups is 1. The molecule has 1 saturated carbocycles. The molecule has 9 heteroatoms. The second-order valence-electron chi connectivity index (χ2n) is 5.03. The van der Waals surface area contributed by atoms with Crippen molar-refractivity contribution in [2.45, 2.75) is 25.8 Å². The number of halogens is 2. The van der Waals surface area contributed by atoms with Crippen LogP contribution in [0.2, 0.25) is 10.0 Å². The normalized spacial score (nSPS) is 15.3. The van der Waals surface area contributed by atoms with Crippen LogP contribution in [0.1, 0.15) is 25.3 Å². The smallest absolute Gasteiger partial charge is 0.343 e. The van der Waals surface area contributed by atoms with Crippen molar-refractivity contribution in [1.29, 1.82) is 0 Å². The van der Waals surface area contributed by atoms with E-state index in [1.54, 1.807) is 6.92 Å². The zero-order valence-corrected chi connectivity index (χ0v) is 14.2. The van der Waals surface area contributed by atoms with E-state index < -0.39 is 22.3 Å². The maximum Gasteiger partial charge on any atom is 0.343 e. The molecule has 0 aliphatic heterocycles. The van der Waals surface area contributed by atoms with E-state index in [0.29, 0.717) is 0 Å². The van der Waals surface area contributed by atoms with Crippen molar-refractivity contribution >= 4 is 46.8 Å². The number of benzene rings is 1. The molecule has 0 amide bonds. The summed E-state index contributed by atoms with van der Waals surface area (Å²) in [6, 6.07) is 2.25. The predicted molar refractivity (Wildman–Crippen MR) is 90.8 cm³/mol. The molecule has 0 bridgehead atoms. The van der Waals surface area contributed by atoms with Gasteiger partial charge in [0, 0.05) is 17.8 Å². The lowest BCUT2D eigenvalue weighted by atomic mass is 10.1. The molecule has 1 aromatic rings. The Labute approximate surface area is 147 Å². The molecule has 24 heavy (non-hydrogen) atoms. The van der Waals surface area contributed by atoms with Crippen molar-refractivity contribution < 1.29 is 19.6 Å². The van der Waals surface area contributed by atoms with Gasteiger partial charge in [-0.25, -0.2) is 4.79 Å². The number of nitro groups is 1. The molecule has 1 aliphatic rings. The van der Waals surface area contributed by atoms with Crippen molar-refractivity contribution in [3.63, 3.8) is 0 Å². The molecule has 0 radical (unpaired) electrons. The van der Waals surface area contributed by atoms with Crippen LogP contribution in [0.4, 0.5) is 5.69 Å². The van der Waals surface area contributed by atoms with E-state index in [0.717, 1.165) is 25.0 Å². The zero-order chi connectivity index (χ0) is 17.9. The van der Waals surface area contributed by atoms with Crippen molar-refractivity contribution in [2.75, 3.05) is 6.61 Å². The minimum Gasteiger partial charge on any atom is -0.506 e. The summed E-state index contributed by atoms with van der Waals surface area (Å²) in [5.74, 6) is -1.35. The molecular formula is C15H14Cl2N2O5. The number of aliphatic imine (C=N–C) groups is 1. The van der Waals surface area contributed by atoms with Gasteiger partial charge in [0.1, 0.15) is 16.4 Å².